The van der Waals surface area contributed by atoms with E-state index >= 15 is 0 Å². The van der Waals surface area contributed by atoms with Gasteiger partial charge in [0.1, 0.15) is 0 Å². The molecule has 0 atom stereocenters. The van der Waals surface area contributed by atoms with E-state index in [0.29, 0.717) is 23.2 Å². The van der Waals surface area contributed by atoms with Gasteiger partial charge in [0.25, 0.3) is 0 Å². The van der Waals surface area contributed by atoms with Gasteiger partial charge in [0, 0.05) is 17.8 Å². The third kappa shape index (κ3) is 5.11. The lowest BCUT2D eigenvalue weighted by Crippen LogP contribution is -2.15. The number of hydrogen-bond donors (Lipinski definition) is 2. The van der Waals surface area contributed by atoms with E-state index in [1.54, 1.807) is 18.2 Å². The molecule has 29 heavy (non-hydrogen) atoms. The van der Waals surface area contributed by atoms with Crippen LogP contribution in [0.2, 0.25) is 0 Å². The molecule has 0 unspecified atom stereocenters. The second-order valence-corrected chi connectivity index (χ2v) is 7.24. The Bertz CT molecular complexity index is 1060. The third-order valence-corrected chi connectivity index (χ3v) is 5.00. The fraction of sp³-hybridized carbons (Fsp3) is 0.143. The zero-order chi connectivity index (χ0) is 20.8. The Balaban J connectivity index is 1.72. The lowest BCUT2D eigenvalue weighted by Gasteiger charge is -2.09. The largest absolute Gasteiger partial charge is 0.478 e. The van der Waals surface area contributed by atoms with Crippen LogP contribution in [0.25, 0.3) is 11.4 Å². The Morgan fingerprint density at radius 3 is 2.72 bits per heavy atom. The van der Waals surface area contributed by atoms with E-state index in [9.17, 15) is 9.59 Å². The molecule has 2 N–H and O–H groups in total. The van der Waals surface area contributed by atoms with Crippen molar-refractivity contribution in [1.29, 1.82) is 0 Å². The maximum Gasteiger partial charge on any atom is 0.335 e. The molecule has 148 valence electrons. The number of amides is 1. The van der Waals surface area contributed by atoms with Crippen LogP contribution in [0.15, 0.2) is 66.3 Å². The predicted octanol–water partition coefficient (Wildman–Crippen LogP) is 3.87. The Hall–Kier alpha value is -3.39. The average Bonchev–Trinajstić information content (AvgIpc) is 3.09. The van der Waals surface area contributed by atoms with Crippen molar-refractivity contribution in [2.45, 2.75) is 18.6 Å². The highest BCUT2D eigenvalue weighted by Gasteiger charge is 2.15. The number of aryl methyl sites for hydroxylation is 1. The van der Waals surface area contributed by atoms with Gasteiger partial charge in [-0.05, 0) is 31.2 Å². The van der Waals surface area contributed by atoms with E-state index in [1.165, 1.54) is 23.9 Å². The number of anilines is 1. The van der Waals surface area contributed by atoms with Crippen LogP contribution in [0.5, 0.6) is 0 Å². The Morgan fingerprint density at radius 1 is 1.21 bits per heavy atom. The highest BCUT2D eigenvalue weighted by Crippen LogP contribution is 2.25. The number of rotatable bonds is 8. The summed E-state index contributed by atoms with van der Waals surface area (Å²) >= 11 is 1.26. The molecule has 1 aromatic heterocycles. The number of aromatic carboxylic acids is 1. The van der Waals surface area contributed by atoms with Gasteiger partial charge in [0.2, 0.25) is 5.91 Å². The molecule has 7 nitrogen and oxygen atoms in total. The van der Waals surface area contributed by atoms with Crippen LogP contribution in [0.1, 0.15) is 15.9 Å². The minimum Gasteiger partial charge on any atom is -0.478 e. The fourth-order valence-corrected chi connectivity index (χ4v) is 3.49. The smallest absolute Gasteiger partial charge is 0.335 e. The normalized spacial score (nSPS) is 10.5. The van der Waals surface area contributed by atoms with Crippen LogP contribution in [-0.2, 0) is 11.3 Å². The van der Waals surface area contributed by atoms with Crippen LogP contribution in [0.3, 0.4) is 0 Å². The number of aromatic nitrogens is 3. The number of hydrogen-bond acceptors (Lipinski definition) is 5. The summed E-state index contributed by atoms with van der Waals surface area (Å²) in [5.74, 6) is -0.481. The first-order valence-corrected chi connectivity index (χ1v) is 9.83. The number of carboxylic acid groups (broad SMARTS) is 1. The van der Waals surface area contributed by atoms with Crippen LogP contribution in [-0.4, -0.2) is 37.5 Å². The quantitative estimate of drug-likeness (QED) is 0.434. The van der Waals surface area contributed by atoms with E-state index in [-0.39, 0.29) is 17.2 Å². The number of carbonyl (C=O) groups is 2. The summed E-state index contributed by atoms with van der Waals surface area (Å²) in [6, 6.07) is 14.1. The molecular weight excluding hydrogens is 388 g/mol. The number of carboxylic acids is 1. The molecule has 2 aromatic carbocycles. The van der Waals surface area contributed by atoms with Crippen molar-refractivity contribution in [3.63, 3.8) is 0 Å². The van der Waals surface area contributed by atoms with Gasteiger partial charge in [-0.1, -0.05) is 47.7 Å². The summed E-state index contributed by atoms with van der Waals surface area (Å²) < 4.78 is 1.91. The Kier molecular flexibility index (Phi) is 6.46. The first-order valence-electron chi connectivity index (χ1n) is 8.85. The molecule has 0 radical (unpaired) electrons. The number of thioether (sulfide) groups is 1. The van der Waals surface area contributed by atoms with E-state index in [1.807, 2.05) is 35.8 Å². The van der Waals surface area contributed by atoms with Gasteiger partial charge in [0.15, 0.2) is 11.0 Å². The molecule has 3 rings (SSSR count). The molecular formula is C21H20N4O3S. The summed E-state index contributed by atoms with van der Waals surface area (Å²) in [6.07, 6.45) is 1.75. The van der Waals surface area contributed by atoms with Crippen molar-refractivity contribution in [2.75, 3.05) is 11.1 Å². The van der Waals surface area contributed by atoms with Gasteiger partial charge < -0.3 is 10.4 Å². The molecule has 1 amide bonds. The summed E-state index contributed by atoms with van der Waals surface area (Å²) in [6.45, 7) is 6.32. The summed E-state index contributed by atoms with van der Waals surface area (Å²) in [5, 5.41) is 20.9. The zero-order valence-corrected chi connectivity index (χ0v) is 16.6. The topological polar surface area (TPSA) is 97.1 Å². The van der Waals surface area contributed by atoms with Crippen molar-refractivity contribution in [1.82, 2.24) is 14.8 Å². The predicted molar refractivity (Wildman–Crippen MR) is 113 cm³/mol. The summed E-state index contributed by atoms with van der Waals surface area (Å²) in [5.41, 5.74) is 2.61. The average molecular weight is 408 g/mol. The Labute approximate surface area is 172 Å². The van der Waals surface area contributed by atoms with Crippen LogP contribution in [0, 0.1) is 6.92 Å². The van der Waals surface area contributed by atoms with E-state index in [4.69, 9.17) is 5.11 Å². The minimum atomic E-state index is -1.04. The lowest BCUT2D eigenvalue weighted by molar-refractivity contribution is -0.113. The van der Waals surface area contributed by atoms with E-state index < -0.39 is 5.97 Å². The monoisotopic (exact) mass is 408 g/mol. The van der Waals surface area contributed by atoms with Crippen molar-refractivity contribution < 1.29 is 14.7 Å². The molecule has 3 aromatic rings. The lowest BCUT2D eigenvalue weighted by atomic mass is 10.1. The fourth-order valence-electron chi connectivity index (χ4n) is 2.74. The molecule has 0 saturated heterocycles. The molecule has 0 aliphatic heterocycles. The number of nitrogens with one attached hydrogen (secondary N) is 1. The standard InChI is InChI=1S/C21H20N4O3S/c1-3-10-25-19(15-7-4-6-14(2)11-15)23-24-21(25)29-13-18(26)22-17-9-5-8-16(12-17)20(27)28/h3-9,11-12H,1,10,13H2,2H3,(H,22,26)(H,27,28). The van der Waals surface area contributed by atoms with Gasteiger partial charge in [-0.15, -0.1) is 16.8 Å². The van der Waals surface area contributed by atoms with Crippen molar-refractivity contribution in [3.8, 4) is 11.4 Å². The number of benzene rings is 2. The number of carbonyl (C=O) groups excluding carboxylic acids is 1. The first-order chi connectivity index (χ1) is 14.0. The molecule has 0 bridgehead atoms. The molecule has 0 spiro atoms. The second kappa shape index (κ2) is 9.20. The third-order valence-electron chi connectivity index (χ3n) is 4.03. The second-order valence-electron chi connectivity index (χ2n) is 6.30. The number of nitrogens with zero attached hydrogens (tertiary/aromatic N) is 3. The van der Waals surface area contributed by atoms with E-state index in [0.717, 1.165) is 11.1 Å². The van der Waals surface area contributed by atoms with Gasteiger partial charge in [-0.25, -0.2) is 4.79 Å². The van der Waals surface area contributed by atoms with Crippen LogP contribution >= 0.6 is 11.8 Å². The zero-order valence-electron chi connectivity index (χ0n) is 15.8. The van der Waals surface area contributed by atoms with Gasteiger partial charge >= 0.3 is 5.97 Å². The van der Waals surface area contributed by atoms with Crippen molar-refractivity contribution in [2.24, 2.45) is 0 Å². The van der Waals surface area contributed by atoms with Crippen molar-refractivity contribution in [3.05, 3.63) is 72.3 Å². The SMILES string of the molecule is C=CCn1c(SCC(=O)Nc2cccc(C(=O)O)c2)nnc1-c1cccc(C)c1. The van der Waals surface area contributed by atoms with E-state index in [2.05, 4.69) is 22.1 Å². The number of allylic oxidation sites excluding steroid dienone is 1. The highest BCUT2D eigenvalue weighted by atomic mass is 32.2. The van der Waals surface area contributed by atoms with Gasteiger partial charge in [-0.2, -0.15) is 0 Å². The summed E-state index contributed by atoms with van der Waals surface area (Å²) in [7, 11) is 0. The molecule has 0 saturated carbocycles. The maximum absolute atomic E-state index is 12.3. The van der Waals surface area contributed by atoms with Crippen molar-refractivity contribution >= 4 is 29.3 Å². The highest BCUT2D eigenvalue weighted by molar-refractivity contribution is 7.99. The minimum absolute atomic E-state index is 0.112. The molecule has 0 fully saturated rings. The first kappa shape index (κ1) is 20.3. The maximum atomic E-state index is 12.3. The molecule has 0 aliphatic carbocycles. The van der Waals surface area contributed by atoms with Crippen LogP contribution in [0.4, 0.5) is 5.69 Å². The molecule has 0 aliphatic rings. The molecule has 1 heterocycles. The summed E-state index contributed by atoms with van der Waals surface area (Å²) in [4.78, 5) is 23.3. The van der Waals surface area contributed by atoms with Crippen LogP contribution < -0.4 is 5.32 Å². The molecule has 8 heteroatoms. The van der Waals surface area contributed by atoms with Gasteiger partial charge in [-0.3, -0.25) is 9.36 Å². The Morgan fingerprint density at radius 2 is 2.00 bits per heavy atom. The van der Waals surface area contributed by atoms with Gasteiger partial charge in [0.05, 0.1) is 11.3 Å².